The van der Waals surface area contributed by atoms with E-state index < -0.39 is 0 Å². The maximum atomic E-state index is 9.83. The molecule has 0 heterocycles. The molecule has 0 rings (SSSR count). The zero-order valence-corrected chi connectivity index (χ0v) is 4.49. The molecule has 0 aliphatic rings. The van der Waals surface area contributed by atoms with Gasteiger partial charge in [0.25, 0.3) is 0 Å². The molecule has 0 aliphatic heterocycles. The monoisotopic (exact) mass is 116 g/mol. The van der Waals surface area contributed by atoms with E-state index in [4.69, 9.17) is 0 Å². The molecule has 0 saturated heterocycles. The van der Waals surface area contributed by atoms with Crippen LogP contribution in [-0.4, -0.2) is 23.6 Å². The number of carbonyl (C=O) groups is 1. The summed E-state index contributed by atoms with van der Waals surface area (Å²) in [6.45, 7) is 5.62. The van der Waals surface area contributed by atoms with Crippen LogP contribution < -0.4 is 0 Å². The molecule has 0 aromatic heterocycles. The third kappa shape index (κ3) is 10.7. The maximum absolute atomic E-state index is 9.83. The van der Waals surface area contributed by atoms with Crippen molar-refractivity contribution < 1.29 is 4.79 Å². The summed E-state index contributed by atoms with van der Waals surface area (Å²) >= 11 is 0. The molecule has 0 bridgehead atoms. The summed E-state index contributed by atoms with van der Waals surface area (Å²) in [6, 6.07) is 0. The van der Waals surface area contributed by atoms with Gasteiger partial charge in [-0.15, -0.1) is 0 Å². The molecule has 0 saturated carbocycles. The van der Waals surface area contributed by atoms with Gasteiger partial charge in [-0.2, -0.15) is 0 Å². The van der Waals surface area contributed by atoms with Crippen LogP contribution >= 0.6 is 0 Å². The van der Waals surface area contributed by atoms with Crippen molar-refractivity contribution in [3.05, 3.63) is 0 Å². The molecule has 42 valence electrons. The average Bonchev–Trinajstić information content (AvgIpc) is 1.35. The lowest BCUT2D eigenvalue weighted by Crippen LogP contribution is -2.04. The van der Waals surface area contributed by atoms with E-state index in [0.29, 0.717) is 0 Å². The molecule has 0 radical (unpaired) electrons. The quantitative estimate of drug-likeness (QED) is 0.323. The first-order chi connectivity index (χ1) is 2.56. The van der Waals surface area contributed by atoms with Crippen LogP contribution in [0.15, 0.2) is 0 Å². The molecule has 2 heteroatoms. The van der Waals surface area contributed by atoms with Crippen LogP contribution in [0.5, 0.6) is 0 Å². The molecule has 0 aliphatic carbocycles. The Morgan fingerprint density at radius 2 is 1.43 bits per heavy atom. The second-order valence-electron chi connectivity index (χ2n) is 2.48. The Bertz CT molecular complexity index is 53.6. The summed E-state index contributed by atoms with van der Waals surface area (Å²) < 4.78 is 0. The fourth-order valence-electron chi connectivity index (χ4n) is 0. The van der Waals surface area contributed by atoms with Crippen molar-refractivity contribution in [2.45, 2.75) is 20.8 Å². The van der Waals surface area contributed by atoms with Crippen molar-refractivity contribution in [2.24, 2.45) is 5.41 Å². The maximum Gasteiger partial charge on any atom is 0.187 e. The van der Waals surface area contributed by atoms with Gasteiger partial charge >= 0.3 is 0 Å². The van der Waals surface area contributed by atoms with Crippen LogP contribution in [-0.2, 0) is 4.79 Å². The van der Waals surface area contributed by atoms with E-state index in [-0.39, 0.29) is 22.8 Å². The number of hydrogen-bond acceptors (Lipinski definition) is 1. The summed E-state index contributed by atoms with van der Waals surface area (Å²) in [6.07, 6.45) is 0.938. The van der Waals surface area contributed by atoms with Crippen molar-refractivity contribution in [3.8, 4) is 0 Å². The minimum atomic E-state index is -0.139. The molecule has 0 atom stereocenters. The number of carbonyl (C=O) groups excluding carboxylic acids is 1. The zero-order chi connectivity index (χ0) is 5.21. The highest BCUT2D eigenvalue weighted by Gasteiger charge is 2.04. The third-order valence-corrected chi connectivity index (χ3v) is 0.354. The van der Waals surface area contributed by atoms with E-state index in [1.165, 1.54) is 0 Å². The number of rotatable bonds is 0. The predicted octanol–water partition coefficient (Wildman–Crippen LogP) is 0.0475. The molecule has 0 N–H and O–H groups in total. The van der Waals surface area contributed by atoms with Gasteiger partial charge in [-0.1, -0.05) is 20.8 Å². The molecule has 0 aromatic carbocycles. The van der Waals surface area contributed by atoms with E-state index in [9.17, 15) is 4.79 Å². The van der Waals surface area contributed by atoms with Gasteiger partial charge in [-0.05, 0) is 0 Å². The van der Waals surface area contributed by atoms with E-state index in [1.54, 1.807) is 0 Å². The molecular formula is C5H13AlO. The smallest absolute Gasteiger partial charge is 0.187 e. The minimum Gasteiger partial charge on any atom is -0.303 e. The molecule has 1 nitrogen and oxygen atoms in total. The highest BCUT2D eigenvalue weighted by atomic mass is 27.0. The van der Waals surface area contributed by atoms with Gasteiger partial charge in [0, 0.05) is 5.41 Å². The summed E-state index contributed by atoms with van der Waals surface area (Å²) in [4.78, 5) is 9.83. The Labute approximate surface area is 55.2 Å². The standard InChI is InChI=1S/C5H10O.Al.3H/c1-5(2,3)4-6;;;;/h4H,1-3H3;;;;. The number of hydrogen-bond donors (Lipinski definition) is 0. The Balaban J connectivity index is 0. The zero-order valence-electron chi connectivity index (χ0n) is 4.49. The fraction of sp³-hybridized carbons (Fsp3) is 0.800. The SMILES string of the molecule is CC(C)(C)C=O.[AlH3]. The predicted molar refractivity (Wildman–Crippen MR) is 35.5 cm³/mol. The van der Waals surface area contributed by atoms with Crippen LogP contribution in [0.25, 0.3) is 0 Å². The van der Waals surface area contributed by atoms with Gasteiger partial charge in [0.2, 0.25) is 0 Å². The van der Waals surface area contributed by atoms with Gasteiger partial charge < -0.3 is 4.79 Å². The van der Waals surface area contributed by atoms with Crippen LogP contribution in [0.4, 0.5) is 0 Å². The van der Waals surface area contributed by atoms with E-state index in [2.05, 4.69) is 0 Å². The fourth-order valence-corrected chi connectivity index (χ4v) is 0. The largest absolute Gasteiger partial charge is 0.303 e. The van der Waals surface area contributed by atoms with Gasteiger partial charge in [0.1, 0.15) is 6.29 Å². The molecule has 0 amide bonds. The highest BCUT2D eigenvalue weighted by molar-refractivity contribution is 5.75. The molecule has 0 unspecified atom stereocenters. The summed E-state index contributed by atoms with van der Waals surface area (Å²) in [5, 5.41) is 0. The second kappa shape index (κ2) is 3.24. The van der Waals surface area contributed by atoms with E-state index in [0.717, 1.165) is 6.29 Å². The van der Waals surface area contributed by atoms with Crippen molar-refractivity contribution in [3.63, 3.8) is 0 Å². The van der Waals surface area contributed by atoms with Crippen molar-refractivity contribution >= 4 is 23.6 Å². The number of aldehydes is 1. The lowest BCUT2D eigenvalue weighted by molar-refractivity contribution is -0.113. The Hall–Kier alpha value is 0.202. The van der Waals surface area contributed by atoms with Gasteiger partial charge in [0.15, 0.2) is 17.4 Å². The van der Waals surface area contributed by atoms with E-state index >= 15 is 0 Å². The molecule has 7 heavy (non-hydrogen) atoms. The van der Waals surface area contributed by atoms with Crippen LogP contribution in [0.2, 0.25) is 0 Å². The highest BCUT2D eigenvalue weighted by Crippen LogP contribution is 2.05. The second-order valence-corrected chi connectivity index (χ2v) is 2.48. The van der Waals surface area contributed by atoms with Crippen molar-refractivity contribution in [2.75, 3.05) is 0 Å². The van der Waals surface area contributed by atoms with Crippen LogP contribution in [0.3, 0.4) is 0 Å². The van der Waals surface area contributed by atoms with Crippen LogP contribution in [0.1, 0.15) is 20.8 Å². The lowest BCUT2D eigenvalue weighted by Gasteiger charge is -2.03. The first-order valence-electron chi connectivity index (χ1n) is 2.02. The van der Waals surface area contributed by atoms with Gasteiger partial charge in [-0.25, -0.2) is 0 Å². The summed E-state index contributed by atoms with van der Waals surface area (Å²) in [7, 11) is 0. The Morgan fingerprint density at radius 1 is 1.29 bits per heavy atom. The Kier molecular flexibility index (Phi) is 4.73. The molecule has 0 spiro atoms. The molecule has 0 aromatic rings. The van der Waals surface area contributed by atoms with Gasteiger partial charge in [0.05, 0.1) is 0 Å². The van der Waals surface area contributed by atoms with Crippen LogP contribution in [0, 0.1) is 5.41 Å². The summed E-state index contributed by atoms with van der Waals surface area (Å²) in [5.41, 5.74) is -0.139. The first-order valence-corrected chi connectivity index (χ1v) is 2.02. The average molecular weight is 116 g/mol. The van der Waals surface area contributed by atoms with Crippen molar-refractivity contribution in [1.29, 1.82) is 0 Å². The Morgan fingerprint density at radius 3 is 1.43 bits per heavy atom. The minimum absolute atomic E-state index is 0. The van der Waals surface area contributed by atoms with E-state index in [1.807, 2.05) is 20.8 Å². The molecule has 0 fully saturated rings. The van der Waals surface area contributed by atoms with Gasteiger partial charge in [-0.3, -0.25) is 0 Å². The third-order valence-electron chi connectivity index (χ3n) is 0.354. The topological polar surface area (TPSA) is 17.1 Å². The normalized spacial score (nSPS) is 9.57. The first kappa shape index (κ1) is 10.2. The summed E-state index contributed by atoms with van der Waals surface area (Å²) in [5.74, 6) is 0. The lowest BCUT2D eigenvalue weighted by atomic mass is 10.0. The molecular weight excluding hydrogens is 103 g/mol. The van der Waals surface area contributed by atoms with Crippen molar-refractivity contribution in [1.82, 2.24) is 0 Å².